The van der Waals surface area contributed by atoms with E-state index in [1.807, 2.05) is 0 Å². The molecule has 0 aromatic heterocycles. The van der Waals surface area contributed by atoms with E-state index in [4.69, 9.17) is 9.66 Å². The topological polar surface area (TPSA) is 101 Å². The first-order valence-electron chi connectivity index (χ1n) is 2.21. The molecule has 0 aromatic rings. The minimum Gasteiger partial charge on any atom is -1.00 e. The zero-order chi connectivity index (χ0) is 8.36. The predicted octanol–water partition coefficient (Wildman–Crippen LogP) is -1.03. The number of hydrogen-bond acceptors (Lipinski definition) is 4. The van der Waals surface area contributed by atoms with Crippen molar-refractivity contribution < 1.29 is 32.8 Å². The van der Waals surface area contributed by atoms with Gasteiger partial charge < -0.3 is 10.8 Å². The maximum Gasteiger partial charge on any atom is 2.00 e. The quantitative estimate of drug-likeness (QED) is 0.493. The molecule has 2 N–H and O–H groups in total. The van der Waals surface area contributed by atoms with Crippen molar-refractivity contribution in [1.29, 1.82) is 0 Å². The van der Waals surface area contributed by atoms with Gasteiger partial charge in [-0.3, -0.25) is 4.55 Å². The Morgan fingerprint density at radius 3 is 1.92 bits per heavy atom. The van der Waals surface area contributed by atoms with Crippen LogP contribution >= 0.6 is 0 Å². The summed E-state index contributed by atoms with van der Waals surface area (Å²) in [4.78, 5) is 9.88. The summed E-state index contributed by atoms with van der Waals surface area (Å²) < 4.78 is 31.2. The zero-order valence-electron chi connectivity index (χ0n) is 10.4. The zero-order valence-corrected chi connectivity index (χ0v) is 11.7. The van der Waals surface area contributed by atoms with Gasteiger partial charge in [0.25, 0.3) is 0 Å². The molecule has 1 atom stereocenters. The van der Waals surface area contributed by atoms with Crippen LogP contribution in [-0.2, 0) is 19.4 Å². The van der Waals surface area contributed by atoms with Gasteiger partial charge in [0, 0.05) is 0 Å². The minimum atomic E-state index is -4.65. The Bertz CT molecular complexity index is 236. The van der Waals surface area contributed by atoms with E-state index in [1.165, 1.54) is 0 Å². The van der Waals surface area contributed by atoms with Crippen molar-refractivity contribution in [3.63, 3.8) is 0 Å². The van der Waals surface area contributed by atoms with E-state index in [0.29, 0.717) is 0 Å². The molecule has 0 saturated carbocycles. The molecular formula is C3H10Ca2O6S. The summed E-state index contributed by atoms with van der Waals surface area (Å²) in [6.07, 6.45) is -1.56. The Morgan fingerprint density at radius 1 is 1.50 bits per heavy atom. The summed E-state index contributed by atoms with van der Waals surface area (Å²) in [5.74, 6) is -1.46. The van der Waals surface area contributed by atoms with Gasteiger partial charge >= 0.3 is 91.8 Å². The largest absolute Gasteiger partial charge is 2.00 e. The Morgan fingerprint density at radius 2 is 1.83 bits per heavy atom. The number of aliphatic carboxylic acids is 1. The van der Waals surface area contributed by atoms with Crippen molar-refractivity contribution >= 4 is 91.8 Å². The Hall–Kier alpha value is 1.86. The number of carbonyl (C=O) groups is 1. The Kier molecular flexibility index (Phi) is 13.3. The van der Waals surface area contributed by atoms with Crippen molar-refractivity contribution in [3.05, 3.63) is 0 Å². The molecule has 0 aliphatic heterocycles. The van der Waals surface area contributed by atoms with E-state index in [-0.39, 0.29) is 81.2 Å². The fourth-order valence-corrected chi connectivity index (χ4v) is 0.671. The molecule has 0 aliphatic carbocycles. The molecule has 12 heavy (non-hydrogen) atoms. The van der Waals surface area contributed by atoms with E-state index < -0.39 is 22.5 Å². The van der Waals surface area contributed by atoms with Crippen LogP contribution in [0.25, 0.3) is 0 Å². The predicted molar refractivity (Wildman–Crippen MR) is 45.7 cm³/mol. The molecule has 0 spiro atoms. The second-order valence-corrected chi connectivity index (χ2v) is 2.55. The second kappa shape index (κ2) is 8.19. The third-order valence-corrected chi connectivity index (χ3v) is 1.15. The molecule has 68 valence electrons. The number of carboxylic acid groups (broad SMARTS) is 1. The molecule has 0 amide bonds. The fourth-order valence-electron chi connectivity index (χ4n) is 0.224. The van der Waals surface area contributed by atoms with Gasteiger partial charge in [-0.2, -0.15) is 8.42 Å². The molecule has 9 heteroatoms. The van der Waals surface area contributed by atoms with Crippen molar-refractivity contribution in [3.8, 4) is 0 Å². The standard InChI is InChI=1S/C3H6O6S.2Ca.4H/c1-2(3(4)5)9-10(6,7)8;;;;;;/h2H,1H3,(H,4,5)(H,6,7,8);;;;;;/q;2*+2;4*-1. The van der Waals surface area contributed by atoms with E-state index in [9.17, 15) is 13.2 Å². The molecule has 0 aromatic carbocycles. The van der Waals surface area contributed by atoms with Crippen LogP contribution in [0.3, 0.4) is 0 Å². The smallest absolute Gasteiger partial charge is 1.00 e. The van der Waals surface area contributed by atoms with Crippen LogP contribution in [0.1, 0.15) is 12.6 Å². The molecule has 0 bridgehead atoms. The monoisotopic (exact) mass is 254 g/mol. The van der Waals surface area contributed by atoms with Crippen LogP contribution in [-0.4, -0.2) is 106 Å². The van der Waals surface area contributed by atoms with Crippen LogP contribution in [0.5, 0.6) is 0 Å². The van der Waals surface area contributed by atoms with E-state index in [1.54, 1.807) is 0 Å². The summed E-state index contributed by atoms with van der Waals surface area (Å²) in [6.45, 7) is 0.982. The molecule has 0 heterocycles. The van der Waals surface area contributed by atoms with Gasteiger partial charge in [-0.15, -0.1) is 0 Å². The molecule has 0 aliphatic rings. The third-order valence-electron chi connectivity index (χ3n) is 0.614. The summed E-state index contributed by atoms with van der Waals surface area (Å²) in [5, 5.41) is 8.04. The van der Waals surface area contributed by atoms with Gasteiger partial charge in [-0.05, 0) is 6.92 Å². The van der Waals surface area contributed by atoms with Gasteiger partial charge in [0.05, 0.1) is 0 Å². The summed E-state index contributed by atoms with van der Waals surface area (Å²) in [5.41, 5.74) is 0. The van der Waals surface area contributed by atoms with Crippen molar-refractivity contribution in [2.24, 2.45) is 0 Å². The molecule has 0 saturated heterocycles. The Balaban J connectivity index is -0.0000000270. The van der Waals surface area contributed by atoms with Gasteiger partial charge in [0.15, 0.2) is 6.10 Å². The maximum atomic E-state index is 9.88. The summed E-state index contributed by atoms with van der Waals surface area (Å²) in [6, 6.07) is 0. The average Bonchev–Trinajstić information content (AvgIpc) is 1.60. The third kappa shape index (κ3) is 11.9. The maximum absolute atomic E-state index is 9.88. The van der Waals surface area contributed by atoms with Gasteiger partial charge in [0.1, 0.15) is 0 Å². The normalized spacial score (nSPS) is 12.2. The molecule has 6 nitrogen and oxygen atoms in total. The van der Waals surface area contributed by atoms with Gasteiger partial charge in [0.2, 0.25) is 0 Å². The first kappa shape index (κ1) is 19.4. The molecule has 0 rings (SSSR count). The molecule has 1 unspecified atom stereocenters. The first-order valence-corrected chi connectivity index (χ1v) is 3.58. The van der Waals surface area contributed by atoms with E-state index >= 15 is 0 Å². The minimum absolute atomic E-state index is 0. The van der Waals surface area contributed by atoms with Crippen LogP contribution in [0.4, 0.5) is 0 Å². The summed E-state index contributed by atoms with van der Waals surface area (Å²) >= 11 is 0. The SMILES string of the molecule is CC(OS(=O)(=O)O)C(=O)O.[Ca+2].[Ca+2].[H-].[H-].[H-].[H-]. The number of hydrogen-bond donors (Lipinski definition) is 2. The Labute approximate surface area is 136 Å². The molecule has 0 radical (unpaired) electrons. The number of carboxylic acids is 1. The van der Waals surface area contributed by atoms with Crippen LogP contribution in [0, 0.1) is 0 Å². The molecule has 0 fully saturated rings. The van der Waals surface area contributed by atoms with Crippen LogP contribution in [0.2, 0.25) is 0 Å². The van der Waals surface area contributed by atoms with E-state index in [0.717, 1.165) is 6.92 Å². The first-order chi connectivity index (χ1) is 4.33. The van der Waals surface area contributed by atoms with Crippen molar-refractivity contribution in [2.45, 2.75) is 13.0 Å². The summed E-state index contributed by atoms with van der Waals surface area (Å²) in [7, 11) is -4.65. The second-order valence-electron chi connectivity index (χ2n) is 1.50. The number of rotatable bonds is 3. The van der Waals surface area contributed by atoms with E-state index in [2.05, 4.69) is 4.18 Å². The van der Waals surface area contributed by atoms with Gasteiger partial charge in [-0.1, -0.05) is 0 Å². The van der Waals surface area contributed by atoms with Crippen LogP contribution < -0.4 is 0 Å². The average molecular weight is 254 g/mol. The van der Waals surface area contributed by atoms with Gasteiger partial charge in [-0.25, -0.2) is 8.98 Å². The molecular weight excluding hydrogens is 244 g/mol. The van der Waals surface area contributed by atoms with Crippen molar-refractivity contribution in [1.82, 2.24) is 0 Å². The van der Waals surface area contributed by atoms with Crippen molar-refractivity contribution in [2.75, 3.05) is 0 Å². The fraction of sp³-hybridized carbons (Fsp3) is 0.667. The van der Waals surface area contributed by atoms with Crippen LogP contribution in [0.15, 0.2) is 0 Å².